The van der Waals surface area contributed by atoms with E-state index in [0.717, 1.165) is 69.7 Å². The molecule has 1 aliphatic carbocycles. The van der Waals surface area contributed by atoms with Crippen molar-refractivity contribution in [3.8, 4) is 17.0 Å². The molecule has 0 saturated carbocycles. The molecule has 8 nitrogen and oxygen atoms in total. The van der Waals surface area contributed by atoms with Crippen LogP contribution in [0, 0.1) is 5.82 Å². The van der Waals surface area contributed by atoms with Gasteiger partial charge in [-0.2, -0.15) is 28.6 Å². The molecule has 0 amide bonds. The predicted octanol–water partition coefficient (Wildman–Crippen LogP) is 10.4. The molecule has 0 spiro atoms. The minimum atomic E-state index is -4.33. The van der Waals surface area contributed by atoms with Crippen molar-refractivity contribution in [1.29, 1.82) is 0 Å². The summed E-state index contributed by atoms with van der Waals surface area (Å²) in [5, 5.41) is 15.8. The third-order valence-electron chi connectivity index (χ3n) is 10.2. The zero-order valence-electron chi connectivity index (χ0n) is 31.0. The number of nitrogens with zero attached hydrogens (tertiary/aromatic N) is 3. The lowest BCUT2D eigenvalue weighted by Crippen LogP contribution is -2.41. The second-order valence-corrected chi connectivity index (χ2v) is 19.7. The predicted molar refractivity (Wildman–Crippen MR) is 226 cm³/mol. The van der Waals surface area contributed by atoms with Crippen LogP contribution in [-0.2, 0) is 21.2 Å². The monoisotopic (exact) mass is 883 g/mol. The number of aliphatic hydroxyl groups is 1. The number of hydrogen-bond acceptors (Lipinski definition) is 8. The second kappa shape index (κ2) is 18.0. The largest absolute Gasteiger partial charge is 0.455 e. The third kappa shape index (κ3) is 8.85. The van der Waals surface area contributed by atoms with Gasteiger partial charge in [-0.25, -0.2) is 25.9 Å². The molecule has 3 unspecified atom stereocenters. The summed E-state index contributed by atoms with van der Waals surface area (Å²) in [7, 11) is -4.33. The minimum absolute atomic E-state index is 0.0968. The molecule has 2 aromatic heterocycles. The van der Waals surface area contributed by atoms with E-state index in [4.69, 9.17) is 9.47 Å². The van der Waals surface area contributed by atoms with Gasteiger partial charge in [-0.05, 0) is 123 Å². The van der Waals surface area contributed by atoms with E-state index in [1.807, 2.05) is 59.9 Å². The normalized spacial score (nSPS) is 19.5. The molecule has 1 saturated heterocycles. The first-order valence-corrected chi connectivity index (χ1v) is 23.2. The molecule has 1 N–H and O–H groups in total. The summed E-state index contributed by atoms with van der Waals surface area (Å²) >= 11 is 7.11. The van der Waals surface area contributed by atoms with E-state index in [-0.39, 0.29) is 29.7 Å². The average Bonchev–Trinajstić information content (AvgIpc) is 3.88. The fourth-order valence-corrected chi connectivity index (χ4v) is 11.2. The zero-order valence-corrected chi connectivity index (χ0v) is 35.0. The molecule has 3 atom stereocenters. The zero-order chi connectivity index (χ0) is 39.3. The number of benzene rings is 3. The Bertz CT molecular complexity index is 2340. The topological polar surface area (TPSA) is 95.6 Å². The maximum absolute atomic E-state index is 16.5. The van der Waals surface area contributed by atoms with E-state index < -0.39 is 32.5 Å². The Morgan fingerprint density at radius 3 is 2.64 bits per heavy atom. The fourth-order valence-electron chi connectivity index (χ4n) is 7.01. The van der Waals surface area contributed by atoms with Crippen molar-refractivity contribution in [1.82, 2.24) is 13.8 Å². The summed E-state index contributed by atoms with van der Waals surface area (Å²) in [5.74, 6) is 2.09. The Morgan fingerprint density at radius 2 is 1.84 bits per heavy atom. The number of aryl methyl sites for hydroxylation is 1. The van der Waals surface area contributed by atoms with Crippen molar-refractivity contribution < 1.29 is 31.8 Å². The number of halogens is 3. The summed E-state index contributed by atoms with van der Waals surface area (Å²) < 4.78 is 73.8. The Labute approximate surface area is 343 Å². The van der Waals surface area contributed by atoms with Gasteiger partial charge < -0.3 is 14.6 Å². The first-order chi connectivity index (χ1) is 27.0. The number of aromatic nitrogens is 3. The second-order valence-electron chi connectivity index (χ2n) is 14.1. The number of allylic oxidation sites excluding steroid dienone is 2. The molecule has 296 valence electrons. The van der Waals surface area contributed by atoms with Crippen LogP contribution >= 0.6 is 39.5 Å². The van der Waals surface area contributed by atoms with E-state index in [0.29, 0.717) is 24.2 Å². The van der Waals surface area contributed by atoms with Crippen LogP contribution in [0.2, 0.25) is 0 Å². The van der Waals surface area contributed by atoms with Crippen molar-refractivity contribution in [3.63, 3.8) is 0 Å². The standard InChI is InChI=1S/C42H44BrF2N3O5S3/c1-42(19-6-11-39(41(42)45)53-32-13-14-35(44)34(28-32)36-16-20-47(46-36)40-12-2-3-22-52-40)56(50,51)48-21-15-33-29(7-5-10-37(33)48)17-23-54-25-26-55-24-18-38(49)30-8-4-9-31(43)27-30/h4-11,13-16,20-21,27-28,38,40,49H,2-3,12,17-19,22-26H2,1H3. The first kappa shape index (κ1) is 40.8. The van der Waals surface area contributed by atoms with Gasteiger partial charge in [-0.15, -0.1) is 0 Å². The van der Waals surface area contributed by atoms with Gasteiger partial charge in [0, 0.05) is 45.9 Å². The van der Waals surface area contributed by atoms with Crippen LogP contribution in [0.25, 0.3) is 22.2 Å². The first-order valence-electron chi connectivity index (χ1n) is 18.7. The number of aliphatic hydroxyl groups excluding tert-OH is 1. The Morgan fingerprint density at radius 1 is 1.02 bits per heavy atom. The van der Waals surface area contributed by atoms with Crippen molar-refractivity contribution >= 4 is 60.4 Å². The lowest BCUT2D eigenvalue weighted by Gasteiger charge is -2.30. The number of thioether (sulfide) groups is 2. The molecule has 2 aliphatic rings. The summed E-state index contributed by atoms with van der Waals surface area (Å²) in [6.07, 6.45) is 9.72. The minimum Gasteiger partial charge on any atom is -0.455 e. The smallest absolute Gasteiger partial charge is 0.251 e. The van der Waals surface area contributed by atoms with Crippen molar-refractivity contribution in [2.75, 3.05) is 29.6 Å². The number of hydrogen-bond donors (Lipinski definition) is 1. The molecule has 0 bridgehead atoms. The highest BCUT2D eigenvalue weighted by Gasteiger charge is 2.48. The van der Waals surface area contributed by atoms with Gasteiger partial charge in [-0.1, -0.05) is 46.3 Å². The number of fused-ring (bicyclic) bond motifs is 1. The molecule has 7 rings (SSSR count). The summed E-state index contributed by atoms with van der Waals surface area (Å²) in [4.78, 5) is 0. The fraction of sp³-hybridized carbons (Fsp3) is 0.357. The molecule has 5 aromatic rings. The molecular weight excluding hydrogens is 841 g/mol. The van der Waals surface area contributed by atoms with Gasteiger partial charge >= 0.3 is 0 Å². The highest BCUT2D eigenvalue weighted by atomic mass is 79.9. The van der Waals surface area contributed by atoms with Crippen LogP contribution in [0.15, 0.2) is 113 Å². The molecule has 0 radical (unpaired) electrons. The van der Waals surface area contributed by atoms with E-state index in [1.54, 1.807) is 35.2 Å². The molecule has 56 heavy (non-hydrogen) atoms. The lowest BCUT2D eigenvalue weighted by atomic mass is 9.99. The summed E-state index contributed by atoms with van der Waals surface area (Å²) in [6, 6.07) is 20.8. The van der Waals surface area contributed by atoms with E-state index in [2.05, 4.69) is 21.0 Å². The van der Waals surface area contributed by atoms with E-state index in [1.165, 1.54) is 41.4 Å². The number of ether oxygens (including phenoxy) is 2. The van der Waals surface area contributed by atoms with E-state index in [9.17, 15) is 13.5 Å². The molecule has 1 fully saturated rings. The van der Waals surface area contributed by atoms with Gasteiger partial charge in [0.2, 0.25) is 0 Å². The van der Waals surface area contributed by atoms with Crippen LogP contribution in [-0.4, -0.2) is 61.6 Å². The maximum atomic E-state index is 16.5. The highest BCUT2D eigenvalue weighted by Crippen LogP contribution is 2.41. The van der Waals surface area contributed by atoms with Crippen LogP contribution in [0.4, 0.5) is 8.78 Å². The van der Waals surface area contributed by atoms with Crippen LogP contribution < -0.4 is 4.74 Å². The third-order valence-corrected chi connectivity index (χ3v) is 15.3. The molecule has 3 aromatic carbocycles. The quantitative estimate of drug-likeness (QED) is 0.0980. The van der Waals surface area contributed by atoms with Crippen molar-refractivity contribution in [3.05, 3.63) is 130 Å². The number of rotatable bonds is 16. The SMILES string of the molecule is CC1(S(=O)(=O)n2ccc3c(CCSCCSCCC(O)c4cccc(Br)c4)cccc32)CC=CC(Oc2ccc(F)c(-c3ccn(C4CCCCO4)n3)c2)=C1F. The van der Waals surface area contributed by atoms with Crippen LogP contribution in [0.1, 0.15) is 62.5 Å². The highest BCUT2D eigenvalue weighted by molar-refractivity contribution is 9.10. The molecule has 3 heterocycles. The van der Waals surface area contributed by atoms with Gasteiger partial charge in [0.25, 0.3) is 10.0 Å². The van der Waals surface area contributed by atoms with E-state index >= 15 is 8.78 Å². The Hall–Kier alpha value is -3.40. The van der Waals surface area contributed by atoms with Gasteiger partial charge in [-0.3, -0.25) is 0 Å². The van der Waals surface area contributed by atoms with Gasteiger partial charge in [0.15, 0.2) is 11.6 Å². The average molecular weight is 885 g/mol. The maximum Gasteiger partial charge on any atom is 0.251 e. The van der Waals surface area contributed by atoms with Crippen molar-refractivity contribution in [2.45, 2.75) is 62.5 Å². The summed E-state index contributed by atoms with van der Waals surface area (Å²) in [6.45, 7) is 2.01. The molecular formula is C42H44BrF2N3O5S3. The van der Waals surface area contributed by atoms with Crippen LogP contribution in [0.3, 0.4) is 0 Å². The molecule has 14 heteroatoms. The van der Waals surface area contributed by atoms with Crippen LogP contribution in [0.5, 0.6) is 5.75 Å². The lowest BCUT2D eigenvalue weighted by molar-refractivity contribution is -0.0393. The van der Waals surface area contributed by atoms with Gasteiger partial charge in [0.1, 0.15) is 22.5 Å². The summed E-state index contributed by atoms with van der Waals surface area (Å²) in [5.41, 5.74) is 2.96. The molecule has 1 aliphatic heterocycles. The Kier molecular flexibility index (Phi) is 13.1. The van der Waals surface area contributed by atoms with Crippen molar-refractivity contribution in [2.24, 2.45) is 0 Å². The van der Waals surface area contributed by atoms with Gasteiger partial charge in [0.05, 0.1) is 17.3 Å². The Balaban J connectivity index is 0.986.